The molecule has 0 aliphatic heterocycles. The van der Waals surface area contributed by atoms with Gasteiger partial charge in [-0.2, -0.15) is 0 Å². The molecule has 0 saturated heterocycles. The number of aromatic nitrogens is 1. The number of nitrogens with one attached hydrogen (secondary N) is 1. The summed E-state index contributed by atoms with van der Waals surface area (Å²) in [5.74, 6) is 0. The molecule has 1 aromatic heterocycles. The first-order chi connectivity index (χ1) is 6.81. The van der Waals surface area contributed by atoms with Gasteiger partial charge in [0.2, 0.25) is 0 Å². The Hall–Kier alpha value is -0.760. The highest BCUT2D eigenvalue weighted by atomic mass is 15.0. The van der Waals surface area contributed by atoms with Crippen molar-refractivity contribution in [1.82, 2.24) is 9.88 Å². The van der Waals surface area contributed by atoms with E-state index >= 15 is 0 Å². The summed E-state index contributed by atoms with van der Waals surface area (Å²) in [6.45, 7) is 13.3. The van der Waals surface area contributed by atoms with Crippen molar-refractivity contribution in [2.24, 2.45) is 0 Å². The van der Waals surface area contributed by atoms with E-state index < -0.39 is 0 Å². The molecule has 1 heterocycles. The predicted molar refractivity (Wildman–Crippen MR) is 66.4 cm³/mol. The topological polar surface area (TPSA) is 17.0 Å². The summed E-state index contributed by atoms with van der Waals surface area (Å²) in [7, 11) is 2.02. The van der Waals surface area contributed by atoms with Crippen LogP contribution < -0.4 is 5.32 Å². The van der Waals surface area contributed by atoms with Gasteiger partial charge >= 0.3 is 0 Å². The van der Waals surface area contributed by atoms with E-state index in [-0.39, 0.29) is 5.54 Å². The molecule has 2 heteroatoms. The number of rotatable bonds is 3. The van der Waals surface area contributed by atoms with Crippen LogP contribution in [0.2, 0.25) is 0 Å². The maximum Gasteiger partial charge on any atom is 0.0392 e. The van der Waals surface area contributed by atoms with Gasteiger partial charge in [-0.1, -0.05) is 0 Å². The lowest BCUT2D eigenvalue weighted by Gasteiger charge is -2.25. The van der Waals surface area contributed by atoms with Crippen LogP contribution in [0.25, 0.3) is 0 Å². The Morgan fingerprint density at radius 1 is 1.27 bits per heavy atom. The summed E-state index contributed by atoms with van der Waals surface area (Å²) in [5.41, 5.74) is 4.17. The lowest BCUT2D eigenvalue weighted by atomic mass is 9.95. The van der Waals surface area contributed by atoms with Crippen LogP contribution in [0.4, 0.5) is 0 Å². The summed E-state index contributed by atoms with van der Waals surface area (Å²) < 4.78 is 2.40. The maximum absolute atomic E-state index is 3.36. The molecule has 0 saturated carbocycles. The minimum atomic E-state index is 0.0506. The predicted octanol–water partition coefficient (Wildman–Crippen LogP) is 3.14. The highest BCUT2D eigenvalue weighted by molar-refractivity contribution is 5.33. The highest BCUT2D eigenvalue weighted by Crippen LogP contribution is 2.28. The first kappa shape index (κ1) is 12.3. The zero-order chi connectivity index (χ0) is 11.8. The molecule has 0 bridgehead atoms. The molecular formula is C13H24N2. The molecule has 86 valence electrons. The molecule has 1 aromatic rings. The average Bonchev–Trinajstić information content (AvgIpc) is 2.42. The maximum atomic E-state index is 3.36. The number of hydrogen-bond acceptors (Lipinski definition) is 1. The first-order valence-electron chi connectivity index (χ1n) is 5.69. The van der Waals surface area contributed by atoms with Crippen molar-refractivity contribution in [3.8, 4) is 0 Å². The lowest BCUT2D eigenvalue weighted by Crippen LogP contribution is -2.33. The second-order valence-corrected chi connectivity index (χ2v) is 5.12. The van der Waals surface area contributed by atoms with E-state index in [1.54, 1.807) is 0 Å². The Morgan fingerprint density at radius 2 is 1.80 bits per heavy atom. The van der Waals surface area contributed by atoms with Gasteiger partial charge < -0.3 is 9.88 Å². The summed E-state index contributed by atoms with van der Waals surface area (Å²) in [5, 5.41) is 3.36. The second-order valence-electron chi connectivity index (χ2n) is 5.12. The molecule has 1 rings (SSSR count). The third-order valence-electron chi connectivity index (χ3n) is 3.30. The summed E-state index contributed by atoms with van der Waals surface area (Å²) in [4.78, 5) is 0. The largest absolute Gasteiger partial charge is 0.346 e. The Kier molecular flexibility index (Phi) is 3.29. The van der Waals surface area contributed by atoms with Gasteiger partial charge in [0.25, 0.3) is 0 Å². The number of nitrogens with zero attached hydrogens (tertiary/aromatic N) is 1. The molecule has 1 N–H and O–H groups in total. The molecule has 0 amide bonds. The minimum Gasteiger partial charge on any atom is -0.346 e. The molecule has 15 heavy (non-hydrogen) atoms. The first-order valence-corrected chi connectivity index (χ1v) is 5.69. The summed E-state index contributed by atoms with van der Waals surface area (Å²) in [6.07, 6.45) is 0. The monoisotopic (exact) mass is 208 g/mol. The van der Waals surface area contributed by atoms with E-state index in [2.05, 4.69) is 57.5 Å². The lowest BCUT2D eigenvalue weighted by molar-refractivity contribution is 0.439. The van der Waals surface area contributed by atoms with Crippen LogP contribution in [0.15, 0.2) is 6.07 Å². The van der Waals surface area contributed by atoms with Crippen LogP contribution in [0.5, 0.6) is 0 Å². The Balaban J connectivity index is 3.29. The van der Waals surface area contributed by atoms with Crippen molar-refractivity contribution < 1.29 is 0 Å². The molecule has 0 unspecified atom stereocenters. The number of aryl methyl sites for hydroxylation is 1. The Bertz CT molecular complexity index is 346. The van der Waals surface area contributed by atoms with Gasteiger partial charge in [0, 0.05) is 23.0 Å². The van der Waals surface area contributed by atoms with Gasteiger partial charge in [0.1, 0.15) is 0 Å². The van der Waals surface area contributed by atoms with Gasteiger partial charge in [-0.05, 0) is 60.2 Å². The third kappa shape index (κ3) is 2.10. The van der Waals surface area contributed by atoms with Crippen LogP contribution in [0.1, 0.15) is 50.7 Å². The standard InChI is InChI=1S/C13H24N2/c1-9(2)15-10(3)8-12(11(15)4)13(5,6)14-7/h8-9,14H,1-7H3. The summed E-state index contributed by atoms with van der Waals surface area (Å²) in [6, 6.07) is 2.83. The van der Waals surface area contributed by atoms with Crippen LogP contribution in [0.3, 0.4) is 0 Å². The van der Waals surface area contributed by atoms with Crippen molar-refractivity contribution >= 4 is 0 Å². The fourth-order valence-corrected chi connectivity index (χ4v) is 2.34. The van der Waals surface area contributed by atoms with Crippen molar-refractivity contribution in [2.45, 2.75) is 53.1 Å². The SMILES string of the molecule is CNC(C)(C)c1cc(C)n(C(C)C)c1C. The van der Waals surface area contributed by atoms with Gasteiger partial charge in [-0.15, -0.1) is 0 Å². The smallest absolute Gasteiger partial charge is 0.0392 e. The van der Waals surface area contributed by atoms with Gasteiger partial charge in [-0.3, -0.25) is 0 Å². The van der Waals surface area contributed by atoms with Crippen LogP contribution in [-0.2, 0) is 5.54 Å². The molecule has 0 radical (unpaired) electrons. The van der Waals surface area contributed by atoms with Crippen molar-refractivity contribution in [1.29, 1.82) is 0 Å². The van der Waals surface area contributed by atoms with Crippen LogP contribution in [-0.4, -0.2) is 11.6 Å². The van der Waals surface area contributed by atoms with E-state index in [9.17, 15) is 0 Å². The van der Waals surface area contributed by atoms with Gasteiger partial charge in [-0.25, -0.2) is 0 Å². The zero-order valence-corrected chi connectivity index (χ0v) is 11.1. The summed E-state index contributed by atoms with van der Waals surface area (Å²) >= 11 is 0. The highest BCUT2D eigenvalue weighted by Gasteiger charge is 2.24. The van der Waals surface area contributed by atoms with Crippen LogP contribution >= 0.6 is 0 Å². The van der Waals surface area contributed by atoms with E-state index in [0.29, 0.717) is 6.04 Å². The fraction of sp³-hybridized carbons (Fsp3) is 0.692. The molecule has 2 nitrogen and oxygen atoms in total. The number of hydrogen-bond donors (Lipinski definition) is 1. The Morgan fingerprint density at radius 3 is 2.13 bits per heavy atom. The van der Waals surface area contributed by atoms with Crippen molar-refractivity contribution in [2.75, 3.05) is 7.05 Å². The molecule has 0 atom stereocenters. The molecule has 0 aliphatic rings. The minimum absolute atomic E-state index is 0.0506. The van der Waals surface area contributed by atoms with Crippen molar-refractivity contribution in [3.63, 3.8) is 0 Å². The van der Waals surface area contributed by atoms with Crippen LogP contribution in [0, 0.1) is 13.8 Å². The molecule has 0 fully saturated rings. The zero-order valence-electron chi connectivity index (χ0n) is 11.1. The van der Waals surface area contributed by atoms with Crippen molar-refractivity contribution in [3.05, 3.63) is 23.0 Å². The van der Waals surface area contributed by atoms with E-state index in [1.807, 2.05) is 7.05 Å². The van der Waals surface area contributed by atoms with E-state index in [4.69, 9.17) is 0 Å². The quantitative estimate of drug-likeness (QED) is 0.807. The molecule has 0 aliphatic carbocycles. The molecule has 0 spiro atoms. The van der Waals surface area contributed by atoms with E-state index in [1.165, 1.54) is 17.0 Å². The van der Waals surface area contributed by atoms with Gasteiger partial charge in [0.15, 0.2) is 0 Å². The fourth-order valence-electron chi connectivity index (χ4n) is 2.34. The van der Waals surface area contributed by atoms with Gasteiger partial charge in [0.05, 0.1) is 0 Å². The third-order valence-corrected chi connectivity index (χ3v) is 3.30. The molecule has 0 aromatic carbocycles. The second kappa shape index (κ2) is 4.01. The molecular weight excluding hydrogens is 184 g/mol. The normalized spacial score (nSPS) is 12.5. The Labute approximate surface area is 93.7 Å². The average molecular weight is 208 g/mol. The van der Waals surface area contributed by atoms with E-state index in [0.717, 1.165) is 0 Å².